The van der Waals surface area contributed by atoms with Crippen molar-refractivity contribution in [3.63, 3.8) is 0 Å². The van der Waals surface area contributed by atoms with Gasteiger partial charge in [-0.3, -0.25) is 9.36 Å². The molecule has 0 radical (unpaired) electrons. The molecule has 1 aromatic carbocycles. The lowest BCUT2D eigenvalue weighted by Gasteiger charge is -2.25. The maximum atomic E-state index is 13.5. The zero-order valence-electron chi connectivity index (χ0n) is 18.4. The quantitative estimate of drug-likeness (QED) is 0.452. The Hall–Kier alpha value is -3.11. The van der Waals surface area contributed by atoms with Crippen LogP contribution in [-0.2, 0) is 9.53 Å². The molecule has 4 rings (SSSR count). The van der Waals surface area contributed by atoms with Crippen LogP contribution in [0, 0.1) is 0 Å². The highest BCUT2D eigenvalue weighted by molar-refractivity contribution is 9.10. The number of carbonyl (C=O) groups excluding carboxylic acids is 1. The molecule has 0 saturated heterocycles. The second-order valence-corrected chi connectivity index (χ2v) is 8.85. The van der Waals surface area contributed by atoms with Crippen LogP contribution in [0.25, 0.3) is 6.08 Å². The Morgan fingerprint density at radius 2 is 2.00 bits per heavy atom. The highest BCUT2D eigenvalue weighted by Crippen LogP contribution is 2.36. The summed E-state index contributed by atoms with van der Waals surface area (Å²) in [5.74, 6) is 1.02. The van der Waals surface area contributed by atoms with Gasteiger partial charge in [0.2, 0.25) is 0 Å². The molecule has 2 aromatic heterocycles. The Bertz CT molecular complexity index is 1430. The van der Waals surface area contributed by atoms with Crippen molar-refractivity contribution in [2.45, 2.75) is 19.9 Å². The van der Waals surface area contributed by atoms with Gasteiger partial charge < -0.3 is 18.6 Å². The van der Waals surface area contributed by atoms with E-state index in [1.165, 1.54) is 23.0 Å². The van der Waals surface area contributed by atoms with Crippen LogP contribution in [0.4, 0.5) is 0 Å². The number of nitrogens with zero attached hydrogens (tertiary/aromatic N) is 2. The van der Waals surface area contributed by atoms with Crippen molar-refractivity contribution in [1.82, 2.24) is 4.57 Å². The van der Waals surface area contributed by atoms with E-state index in [0.717, 1.165) is 0 Å². The maximum absolute atomic E-state index is 13.5. The number of allylic oxidation sites excluding steroid dienone is 1. The van der Waals surface area contributed by atoms with Gasteiger partial charge in [0, 0.05) is 6.08 Å². The fourth-order valence-electron chi connectivity index (χ4n) is 3.66. The summed E-state index contributed by atoms with van der Waals surface area (Å²) < 4.78 is 24.1. The average Bonchev–Trinajstić information content (AvgIpc) is 3.34. The summed E-state index contributed by atoms with van der Waals surface area (Å²) in [6.45, 7) is 3.67. The normalized spacial score (nSPS) is 15.8. The monoisotopic (exact) mass is 532 g/mol. The molecule has 33 heavy (non-hydrogen) atoms. The molecule has 172 valence electrons. The first kappa shape index (κ1) is 23.1. The van der Waals surface area contributed by atoms with Crippen LogP contribution in [0.2, 0.25) is 0 Å². The van der Waals surface area contributed by atoms with E-state index >= 15 is 0 Å². The predicted octanol–water partition coefficient (Wildman–Crippen LogP) is 3.17. The minimum absolute atomic E-state index is 0.200. The summed E-state index contributed by atoms with van der Waals surface area (Å²) in [4.78, 5) is 31.5. The third-order valence-electron chi connectivity index (χ3n) is 5.11. The summed E-state index contributed by atoms with van der Waals surface area (Å²) >= 11 is 4.49. The first-order chi connectivity index (χ1) is 15.9. The standard InChI is InChI=1S/C23H21BrN2O6S/c1-5-31-22(28)19-12(2)25-23-26(20(19)13-6-8-15(29-3)16(10-13)30-4)21(27)17(33-23)11-14-7-9-18(24)32-14/h6-11,20H,5H2,1-4H3. The van der Waals surface area contributed by atoms with Gasteiger partial charge in [0.1, 0.15) is 5.76 Å². The van der Waals surface area contributed by atoms with Crippen LogP contribution in [0.3, 0.4) is 0 Å². The van der Waals surface area contributed by atoms with E-state index in [9.17, 15) is 9.59 Å². The molecule has 3 aromatic rings. The lowest BCUT2D eigenvalue weighted by molar-refractivity contribution is -0.139. The number of rotatable bonds is 6. The minimum atomic E-state index is -0.745. The van der Waals surface area contributed by atoms with Gasteiger partial charge in [0.05, 0.1) is 42.7 Å². The number of halogens is 1. The van der Waals surface area contributed by atoms with Crippen molar-refractivity contribution in [2.75, 3.05) is 20.8 Å². The smallest absolute Gasteiger partial charge is 0.338 e. The Balaban J connectivity index is 1.97. The molecule has 1 atom stereocenters. The van der Waals surface area contributed by atoms with Crippen LogP contribution in [-0.4, -0.2) is 31.4 Å². The number of ether oxygens (including phenoxy) is 3. The topological polar surface area (TPSA) is 92.3 Å². The van der Waals surface area contributed by atoms with E-state index in [2.05, 4.69) is 20.9 Å². The molecule has 0 amide bonds. The van der Waals surface area contributed by atoms with Crippen LogP contribution in [0.1, 0.15) is 31.2 Å². The minimum Gasteiger partial charge on any atom is -0.493 e. The van der Waals surface area contributed by atoms with E-state index in [-0.39, 0.29) is 12.2 Å². The van der Waals surface area contributed by atoms with Crippen LogP contribution < -0.4 is 24.4 Å². The molecule has 0 fully saturated rings. The third-order valence-corrected chi connectivity index (χ3v) is 6.52. The van der Waals surface area contributed by atoms with E-state index in [1.807, 2.05) is 0 Å². The van der Waals surface area contributed by atoms with Crippen molar-refractivity contribution < 1.29 is 23.4 Å². The molecule has 10 heteroatoms. The number of fused-ring (bicyclic) bond motifs is 1. The number of furan rings is 1. The number of carbonyl (C=O) groups is 1. The van der Waals surface area contributed by atoms with Gasteiger partial charge in [0.15, 0.2) is 21.0 Å². The highest BCUT2D eigenvalue weighted by Gasteiger charge is 2.33. The van der Waals surface area contributed by atoms with Crippen molar-refractivity contribution >= 4 is 39.3 Å². The lowest BCUT2D eigenvalue weighted by atomic mass is 9.95. The molecule has 0 N–H and O–H groups in total. The zero-order valence-corrected chi connectivity index (χ0v) is 20.8. The molecule has 1 aliphatic rings. The first-order valence-electron chi connectivity index (χ1n) is 10.0. The Kier molecular flexibility index (Phi) is 6.57. The van der Waals surface area contributed by atoms with E-state index in [1.54, 1.807) is 57.4 Å². The van der Waals surface area contributed by atoms with Gasteiger partial charge in [-0.25, -0.2) is 9.79 Å². The highest BCUT2D eigenvalue weighted by atomic mass is 79.9. The summed E-state index contributed by atoms with van der Waals surface area (Å²) in [5, 5.41) is 0. The van der Waals surface area contributed by atoms with E-state index < -0.39 is 12.0 Å². The van der Waals surface area contributed by atoms with Gasteiger partial charge in [-0.1, -0.05) is 17.4 Å². The number of methoxy groups -OCH3 is 2. The van der Waals surface area contributed by atoms with Crippen LogP contribution in [0.15, 0.2) is 60.5 Å². The maximum Gasteiger partial charge on any atom is 0.338 e. The number of thiazole rings is 1. The fraction of sp³-hybridized carbons (Fsp3) is 0.261. The number of hydrogen-bond acceptors (Lipinski definition) is 8. The van der Waals surface area contributed by atoms with Gasteiger partial charge in [0.25, 0.3) is 5.56 Å². The summed E-state index contributed by atoms with van der Waals surface area (Å²) in [6, 6.07) is 8.04. The molecule has 0 aliphatic carbocycles. The molecule has 0 bridgehead atoms. The second-order valence-electron chi connectivity index (χ2n) is 7.06. The first-order valence-corrected chi connectivity index (χ1v) is 11.7. The molecule has 0 spiro atoms. The molecule has 0 saturated carbocycles. The van der Waals surface area contributed by atoms with Gasteiger partial charge in [-0.15, -0.1) is 0 Å². The molecule has 3 heterocycles. The number of aromatic nitrogens is 1. The van der Waals surface area contributed by atoms with Crippen LogP contribution in [0.5, 0.6) is 11.5 Å². The van der Waals surface area contributed by atoms with E-state index in [4.69, 9.17) is 18.6 Å². The number of hydrogen-bond donors (Lipinski definition) is 0. The molecular weight excluding hydrogens is 512 g/mol. The summed E-state index contributed by atoms with van der Waals surface area (Å²) in [5.41, 5.74) is 1.16. The summed E-state index contributed by atoms with van der Waals surface area (Å²) in [7, 11) is 3.07. The fourth-order valence-corrected chi connectivity index (χ4v) is 5.01. The molecule has 1 aliphatic heterocycles. The molecular formula is C23H21BrN2O6S. The lowest BCUT2D eigenvalue weighted by Crippen LogP contribution is -2.39. The summed E-state index contributed by atoms with van der Waals surface area (Å²) in [6.07, 6.45) is 1.66. The van der Waals surface area contributed by atoms with Gasteiger partial charge in [-0.05, 0) is 59.6 Å². The second kappa shape index (κ2) is 9.40. The largest absolute Gasteiger partial charge is 0.493 e. The Morgan fingerprint density at radius 3 is 2.64 bits per heavy atom. The number of esters is 1. The van der Waals surface area contributed by atoms with Gasteiger partial charge in [-0.2, -0.15) is 0 Å². The van der Waals surface area contributed by atoms with Crippen molar-refractivity contribution in [3.8, 4) is 11.5 Å². The van der Waals surface area contributed by atoms with E-state index in [0.29, 0.717) is 48.1 Å². The SMILES string of the molecule is CCOC(=O)C1=C(C)N=c2sc(=Cc3ccc(Br)o3)c(=O)n2C1c1ccc(OC)c(OC)c1. The van der Waals surface area contributed by atoms with Crippen molar-refractivity contribution in [2.24, 2.45) is 4.99 Å². The zero-order chi connectivity index (χ0) is 23.7. The molecule has 8 nitrogen and oxygen atoms in total. The Morgan fingerprint density at radius 1 is 1.24 bits per heavy atom. The molecule has 1 unspecified atom stereocenters. The van der Waals surface area contributed by atoms with Gasteiger partial charge >= 0.3 is 5.97 Å². The Labute approximate surface area is 201 Å². The van der Waals surface area contributed by atoms with Crippen molar-refractivity contribution in [3.05, 3.63) is 77.3 Å². The predicted molar refractivity (Wildman–Crippen MR) is 126 cm³/mol. The van der Waals surface area contributed by atoms with Crippen molar-refractivity contribution in [1.29, 1.82) is 0 Å². The number of benzene rings is 1. The average molecular weight is 533 g/mol. The third kappa shape index (κ3) is 4.28. The van der Waals surface area contributed by atoms with Crippen LogP contribution >= 0.6 is 27.3 Å².